The molecule has 0 saturated carbocycles. The molecular formula is C25H18O. The van der Waals surface area contributed by atoms with E-state index in [-0.39, 0.29) is 0 Å². The average molecular weight is 334 g/mol. The Kier molecular flexibility index (Phi) is 3.48. The molecule has 0 fully saturated rings. The standard InChI is InChI=1S/C25H18O/c26-25-23-14-7-6-13-20(23)22-16-8-15-21(24(22)25)19-12-5-4-11-18(19)17-9-2-1-3-10-17/h1-16,25-26H. The van der Waals surface area contributed by atoms with Crippen LogP contribution in [0.2, 0.25) is 0 Å². The first kappa shape index (κ1) is 15.1. The number of rotatable bonds is 2. The van der Waals surface area contributed by atoms with Crippen LogP contribution in [0, 0.1) is 0 Å². The van der Waals surface area contributed by atoms with Gasteiger partial charge < -0.3 is 5.11 Å². The van der Waals surface area contributed by atoms with Crippen molar-refractivity contribution in [3.05, 3.63) is 108 Å². The molecule has 1 N–H and O–H groups in total. The molecule has 124 valence electrons. The number of hydrogen-bond donors (Lipinski definition) is 1. The smallest absolute Gasteiger partial charge is 0.106 e. The summed E-state index contributed by atoms with van der Waals surface area (Å²) in [6, 6.07) is 33.3. The molecule has 4 aromatic rings. The van der Waals surface area contributed by atoms with Gasteiger partial charge in [0.15, 0.2) is 0 Å². The first-order valence-corrected chi connectivity index (χ1v) is 8.89. The highest BCUT2D eigenvalue weighted by Crippen LogP contribution is 2.48. The van der Waals surface area contributed by atoms with Gasteiger partial charge in [0.1, 0.15) is 6.10 Å². The Balaban J connectivity index is 1.76. The van der Waals surface area contributed by atoms with Crippen LogP contribution in [-0.2, 0) is 0 Å². The van der Waals surface area contributed by atoms with Crippen molar-refractivity contribution >= 4 is 0 Å². The van der Waals surface area contributed by atoms with E-state index in [1.165, 1.54) is 11.1 Å². The molecule has 1 aliphatic carbocycles. The highest BCUT2D eigenvalue weighted by atomic mass is 16.3. The summed E-state index contributed by atoms with van der Waals surface area (Å²) in [6.07, 6.45) is -0.582. The fourth-order valence-electron chi connectivity index (χ4n) is 4.05. The second-order valence-electron chi connectivity index (χ2n) is 6.67. The van der Waals surface area contributed by atoms with E-state index in [4.69, 9.17) is 0 Å². The predicted octanol–water partition coefficient (Wildman–Crippen LogP) is 6.08. The van der Waals surface area contributed by atoms with Gasteiger partial charge in [0.25, 0.3) is 0 Å². The second-order valence-corrected chi connectivity index (χ2v) is 6.67. The summed E-state index contributed by atoms with van der Waals surface area (Å²) in [5.74, 6) is 0. The largest absolute Gasteiger partial charge is 0.384 e. The van der Waals surface area contributed by atoms with Gasteiger partial charge in [-0.1, -0.05) is 97.1 Å². The monoisotopic (exact) mass is 334 g/mol. The maximum atomic E-state index is 11.0. The van der Waals surface area contributed by atoms with Crippen LogP contribution in [0.4, 0.5) is 0 Å². The quantitative estimate of drug-likeness (QED) is 0.471. The fourth-order valence-corrected chi connectivity index (χ4v) is 4.05. The normalized spacial score (nSPS) is 14.7. The number of hydrogen-bond acceptors (Lipinski definition) is 1. The van der Waals surface area contributed by atoms with E-state index < -0.39 is 6.10 Å². The maximum Gasteiger partial charge on any atom is 0.106 e. The zero-order valence-electron chi connectivity index (χ0n) is 14.3. The lowest BCUT2D eigenvalue weighted by Crippen LogP contribution is -1.97. The van der Waals surface area contributed by atoms with Crippen LogP contribution in [-0.4, -0.2) is 5.11 Å². The van der Waals surface area contributed by atoms with Crippen LogP contribution in [0.25, 0.3) is 33.4 Å². The molecule has 0 radical (unpaired) electrons. The number of aliphatic hydroxyl groups excluding tert-OH is 1. The van der Waals surface area contributed by atoms with Crippen molar-refractivity contribution in [3.8, 4) is 33.4 Å². The minimum Gasteiger partial charge on any atom is -0.384 e. The molecule has 26 heavy (non-hydrogen) atoms. The fraction of sp³-hybridized carbons (Fsp3) is 0.0400. The molecule has 4 aromatic carbocycles. The maximum absolute atomic E-state index is 11.0. The molecule has 0 amide bonds. The van der Waals surface area contributed by atoms with Crippen molar-refractivity contribution in [2.75, 3.05) is 0 Å². The van der Waals surface area contributed by atoms with Crippen LogP contribution < -0.4 is 0 Å². The van der Waals surface area contributed by atoms with Gasteiger partial charge in [0, 0.05) is 5.56 Å². The van der Waals surface area contributed by atoms with Crippen molar-refractivity contribution in [1.29, 1.82) is 0 Å². The summed E-state index contributed by atoms with van der Waals surface area (Å²) >= 11 is 0. The molecule has 0 spiro atoms. The Hall–Kier alpha value is -3.16. The molecule has 5 rings (SSSR count). The van der Waals surface area contributed by atoms with Crippen molar-refractivity contribution in [2.24, 2.45) is 0 Å². The van der Waals surface area contributed by atoms with Gasteiger partial charge in [-0.25, -0.2) is 0 Å². The Labute approximate surface area is 153 Å². The molecule has 1 nitrogen and oxygen atoms in total. The van der Waals surface area contributed by atoms with Gasteiger partial charge in [0.2, 0.25) is 0 Å². The van der Waals surface area contributed by atoms with Gasteiger partial charge in [0.05, 0.1) is 0 Å². The third kappa shape index (κ3) is 2.22. The third-order valence-corrected chi connectivity index (χ3v) is 5.23. The van der Waals surface area contributed by atoms with Gasteiger partial charge in [-0.3, -0.25) is 0 Å². The zero-order chi connectivity index (χ0) is 17.5. The van der Waals surface area contributed by atoms with Crippen molar-refractivity contribution in [1.82, 2.24) is 0 Å². The minimum absolute atomic E-state index is 0.582. The first-order chi connectivity index (χ1) is 12.8. The summed E-state index contributed by atoms with van der Waals surface area (Å²) in [5.41, 5.74) is 8.90. The Morgan fingerprint density at radius 1 is 0.462 bits per heavy atom. The van der Waals surface area contributed by atoms with Crippen LogP contribution in [0.1, 0.15) is 17.2 Å². The van der Waals surface area contributed by atoms with E-state index in [9.17, 15) is 5.11 Å². The average Bonchev–Trinajstić information content (AvgIpc) is 3.02. The van der Waals surface area contributed by atoms with Gasteiger partial charge in [-0.05, 0) is 38.9 Å². The molecule has 0 heterocycles. The summed E-state index contributed by atoms with van der Waals surface area (Å²) in [7, 11) is 0. The number of fused-ring (bicyclic) bond motifs is 3. The molecule has 1 aliphatic rings. The molecule has 0 aliphatic heterocycles. The van der Waals surface area contributed by atoms with E-state index in [2.05, 4.69) is 72.8 Å². The van der Waals surface area contributed by atoms with Crippen LogP contribution in [0.3, 0.4) is 0 Å². The predicted molar refractivity (Wildman–Crippen MR) is 107 cm³/mol. The third-order valence-electron chi connectivity index (χ3n) is 5.23. The molecule has 1 heteroatoms. The Morgan fingerprint density at radius 2 is 1.00 bits per heavy atom. The van der Waals surface area contributed by atoms with Gasteiger partial charge in [-0.2, -0.15) is 0 Å². The minimum atomic E-state index is -0.582. The van der Waals surface area contributed by atoms with E-state index >= 15 is 0 Å². The van der Waals surface area contributed by atoms with Crippen molar-refractivity contribution in [3.63, 3.8) is 0 Å². The zero-order valence-corrected chi connectivity index (χ0v) is 14.3. The van der Waals surface area contributed by atoms with Gasteiger partial charge >= 0.3 is 0 Å². The number of aliphatic hydroxyl groups is 1. The molecule has 0 aromatic heterocycles. The lowest BCUT2D eigenvalue weighted by Gasteiger charge is -2.16. The highest BCUT2D eigenvalue weighted by Gasteiger charge is 2.29. The SMILES string of the molecule is OC1c2ccccc2-c2cccc(-c3ccccc3-c3ccccc3)c21. The van der Waals surface area contributed by atoms with Crippen molar-refractivity contribution in [2.45, 2.75) is 6.10 Å². The van der Waals surface area contributed by atoms with E-state index in [0.29, 0.717) is 0 Å². The van der Waals surface area contributed by atoms with Crippen LogP contribution in [0.5, 0.6) is 0 Å². The van der Waals surface area contributed by atoms with Crippen molar-refractivity contribution < 1.29 is 5.11 Å². The molecule has 0 saturated heterocycles. The lowest BCUT2D eigenvalue weighted by molar-refractivity contribution is 0.226. The van der Waals surface area contributed by atoms with E-state index in [1.54, 1.807) is 0 Å². The lowest BCUT2D eigenvalue weighted by atomic mass is 9.89. The molecule has 1 unspecified atom stereocenters. The van der Waals surface area contributed by atoms with Gasteiger partial charge in [-0.15, -0.1) is 0 Å². The van der Waals surface area contributed by atoms with E-state index in [1.807, 2.05) is 24.3 Å². The summed E-state index contributed by atoms with van der Waals surface area (Å²) in [5, 5.41) is 11.0. The topological polar surface area (TPSA) is 20.2 Å². The van der Waals surface area contributed by atoms with Crippen LogP contribution in [0.15, 0.2) is 97.1 Å². The first-order valence-electron chi connectivity index (χ1n) is 8.89. The molecular weight excluding hydrogens is 316 g/mol. The molecule has 1 atom stereocenters. The Morgan fingerprint density at radius 3 is 1.77 bits per heavy atom. The highest BCUT2D eigenvalue weighted by molar-refractivity contribution is 5.91. The van der Waals surface area contributed by atoms with E-state index in [0.717, 1.165) is 33.4 Å². The summed E-state index contributed by atoms with van der Waals surface area (Å²) in [4.78, 5) is 0. The number of benzene rings is 4. The Bertz CT molecular complexity index is 1100. The summed E-state index contributed by atoms with van der Waals surface area (Å²) < 4.78 is 0. The molecule has 0 bridgehead atoms. The summed E-state index contributed by atoms with van der Waals surface area (Å²) in [6.45, 7) is 0. The second kappa shape index (κ2) is 5.98. The van der Waals surface area contributed by atoms with Crippen LogP contribution >= 0.6 is 0 Å².